The smallest absolute Gasteiger partial charge is 0.269 e. The zero-order chi connectivity index (χ0) is 35.9. The van der Waals surface area contributed by atoms with E-state index in [2.05, 4.69) is 20.8 Å². The van der Waals surface area contributed by atoms with Crippen molar-refractivity contribution >= 4 is 30.4 Å². The maximum Gasteiger partial charge on any atom is 0.269 e. The lowest BCUT2D eigenvalue weighted by Crippen LogP contribution is -2.42. The number of ether oxygens (including phenoxy) is 3. The third-order valence-corrected chi connectivity index (χ3v) is 13.1. The highest BCUT2D eigenvalue weighted by Crippen LogP contribution is 2.24. The van der Waals surface area contributed by atoms with E-state index in [9.17, 15) is 25.3 Å². The van der Waals surface area contributed by atoms with E-state index in [4.69, 9.17) is 26.8 Å². The molecular formula is C33H66O12S3. The standard InChI is InChI=1S/C33H66O12S3/c1-6-9-12-15-16-19-28-46(34,35)40-25-22-31-43-32(23-26-41-47(36,37)29(4)20-17-13-10-7-2)45-33(44-31)24-27-42-48(38,39)30(5)21-18-14-11-8-3/h29-33H,6-28H2,1-5H3. The van der Waals surface area contributed by atoms with Crippen molar-refractivity contribution in [2.24, 2.45) is 0 Å². The zero-order valence-electron chi connectivity index (χ0n) is 30.3. The molecule has 12 nitrogen and oxygen atoms in total. The van der Waals surface area contributed by atoms with E-state index in [-0.39, 0.29) is 44.8 Å². The Kier molecular flexibility index (Phi) is 24.3. The van der Waals surface area contributed by atoms with Gasteiger partial charge in [-0.25, -0.2) is 0 Å². The van der Waals surface area contributed by atoms with Gasteiger partial charge in [-0.3, -0.25) is 12.5 Å². The van der Waals surface area contributed by atoms with Crippen LogP contribution in [-0.4, -0.2) is 80.2 Å². The van der Waals surface area contributed by atoms with E-state index in [1.807, 2.05) is 0 Å². The van der Waals surface area contributed by atoms with E-state index in [1.165, 1.54) is 0 Å². The largest absolute Gasteiger partial charge is 0.323 e. The van der Waals surface area contributed by atoms with Gasteiger partial charge in [-0.15, -0.1) is 0 Å². The molecule has 0 radical (unpaired) electrons. The molecule has 15 heteroatoms. The summed E-state index contributed by atoms with van der Waals surface area (Å²) in [4.78, 5) is 0. The predicted molar refractivity (Wildman–Crippen MR) is 188 cm³/mol. The van der Waals surface area contributed by atoms with Gasteiger partial charge in [0.25, 0.3) is 30.4 Å². The van der Waals surface area contributed by atoms with E-state index >= 15 is 0 Å². The Balaban J connectivity index is 2.71. The number of hydrogen-bond donors (Lipinski definition) is 0. The topological polar surface area (TPSA) is 158 Å². The van der Waals surface area contributed by atoms with Crippen LogP contribution in [0.1, 0.15) is 157 Å². The summed E-state index contributed by atoms with van der Waals surface area (Å²) in [5, 5.41) is -1.29. The van der Waals surface area contributed by atoms with Gasteiger partial charge in [-0.2, -0.15) is 25.3 Å². The summed E-state index contributed by atoms with van der Waals surface area (Å²) in [6.45, 7) is 9.03. The molecule has 48 heavy (non-hydrogen) atoms. The lowest BCUT2D eigenvalue weighted by atomic mass is 10.1. The van der Waals surface area contributed by atoms with E-state index in [0.29, 0.717) is 19.3 Å². The highest BCUT2D eigenvalue weighted by Gasteiger charge is 2.32. The average molecular weight is 751 g/mol. The first kappa shape index (κ1) is 45.6. The number of hydrogen-bond acceptors (Lipinski definition) is 12. The van der Waals surface area contributed by atoms with Crippen molar-refractivity contribution in [2.75, 3.05) is 25.6 Å². The molecule has 4 atom stereocenters. The van der Waals surface area contributed by atoms with E-state index < -0.39 is 59.7 Å². The Labute approximate surface area is 293 Å². The average Bonchev–Trinajstić information content (AvgIpc) is 3.02. The van der Waals surface area contributed by atoms with Gasteiger partial charge in [0.2, 0.25) is 0 Å². The Hall–Kier alpha value is -0.390. The van der Waals surface area contributed by atoms with Gasteiger partial charge in [0, 0.05) is 19.3 Å². The summed E-state index contributed by atoms with van der Waals surface area (Å²) < 4.78 is 109. The minimum Gasteiger partial charge on any atom is -0.323 e. The zero-order valence-corrected chi connectivity index (χ0v) is 32.7. The third-order valence-electron chi connectivity index (χ3n) is 8.39. The first-order valence-corrected chi connectivity index (χ1v) is 22.9. The van der Waals surface area contributed by atoms with Gasteiger partial charge < -0.3 is 14.2 Å². The molecule has 0 bridgehead atoms. The first-order chi connectivity index (χ1) is 22.8. The summed E-state index contributed by atoms with van der Waals surface area (Å²) in [7, 11) is -11.3. The van der Waals surface area contributed by atoms with Crippen LogP contribution in [0.25, 0.3) is 0 Å². The molecule has 4 unspecified atom stereocenters. The molecule has 1 fully saturated rings. The fourth-order valence-electron chi connectivity index (χ4n) is 5.16. The summed E-state index contributed by atoms with van der Waals surface area (Å²) in [6, 6.07) is 0. The summed E-state index contributed by atoms with van der Waals surface area (Å²) >= 11 is 0. The highest BCUT2D eigenvalue weighted by molar-refractivity contribution is 7.87. The van der Waals surface area contributed by atoms with Crippen molar-refractivity contribution in [3.63, 3.8) is 0 Å². The molecule has 1 heterocycles. The molecule has 0 aliphatic carbocycles. The molecule has 1 aliphatic rings. The van der Waals surface area contributed by atoms with E-state index in [1.54, 1.807) is 13.8 Å². The molecule has 0 aromatic heterocycles. The van der Waals surface area contributed by atoms with Crippen molar-refractivity contribution in [1.29, 1.82) is 0 Å². The van der Waals surface area contributed by atoms with Crippen molar-refractivity contribution in [1.82, 2.24) is 0 Å². The Morgan fingerprint density at radius 3 is 1.21 bits per heavy atom. The molecule has 0 saturated carbocycles. The summed E-state index contributed by atoms with van der Waals surface area (Å²) in [5.41, 5.74) is 0. The van der Waals surface area contributed by atoms with Crippen LogP contribution in [-0.2, 0) is 57.1 Å². The van der Waals surface area contributed by atoms with Crippen molar-refractivity contribution in [3.05, 3.63) is 0 Å². The van der Waals surface area contributed by atoms with Crippen LogP contribution in [0, 0.1) is 0 Å². The Morgan fingerprint density at radius 2 is 0.812 bits per heavy atom. The molecule has 0 N–H and O–H groups in total. The van der Waals surface area contributed by atoms with Crippen molar-refractivity contribution in [3.8, 4) is 0 Å². The summed E-state index contributed by atoms with van der Waals surface area (Å²) in [6.07, 6.45) is 11.9. The van der Waals surface area contributed by atoms with Crippen LogP contribution >= 0.6 is 0 Å². The molecule has 1 rings (SSSR count). The lowest BCUT2D eigenvalue weighted by Gasteiger charge is -2.36. The van der Waals surface area contributed by atoms with Crippen LogP contribution in [0.15, 0.2) is 0 Å². The molecular weight excluding hydrogens is 685 g/mol. The van der Waals surface area contributed by atoms with Crippen LogP contribution in [0.2, 0.25) is 0 Å². The molecule has 0 spiro atoms. The second-order valence-electron chi connectivity index (χ2n) is 12.9. The monoisotopic (exact) mass is 750 g/mol. The van der Waals surface area contributed by atoms with Gasteiger partial charge in [0.05, 0.1) is 36.1 Å². The molecule has 0 aromatic rings. The second-order valence-corrected chi connectivity index (χ2v) is 18.7. The maximum absolute atomic E-state index is 12.7. The molecule has 288 valence electrons. The number of rotatable bonds is 31. The predicted octanol–water partition coefficient (Wildman–Crippen LogP) is 7.32. The van der Waals surface area contributed by atoms with Crippen molar-refractivity contribution in [2.45, 2.75) is 186 Å². The van der Waals surface area contributed by atoms with Gasteiger partial charge in [-0.05, 0) is 33.1 Å². The van der Waals surface area contributed by atoms with Gasteiger partial charge in [0.1, 0.15) is 0 Å². The Bertz CT molecular complexity index is 1070. The van der Waals surface area contributed by atoms with Gasteiger partial charge in [-0.1, -0.05) is 104 Å². The maximum atomic E-state index is 12.7. The van der Waals surface area contributed by atoms with E-state index in [0.717, 1.165) is 83.5 Å². The van der Waals surface area contributed by atoms with Crippen LogP contribution in [0.4, 0.5) is 0 Å². The van der Waals surface area contributed by atoms with Crippen molar-refractivity contribution < 1.29 is 52.0 Å². The Morgan fingerprint density at radius 1 is 0.479 bits per heavy atom. The van der Waals surface area contributed by atoms with Crippen LogP contribution in [0.3, 0.4) is 0 Å². The SMILES string of the molecule is CCCCCCCCS(=O)(=O)OCCC1OC(CCOS(=O)(=O)C(C)CCCCCC)OC(CCOS(=O)(=O)C(C)CCCCCC)O1. The number of unbranched alkanes of at least 4 members (excludes halogenated alkanes) is 11. The minimum atomic E-state index is -3.79. The van der Waals surface area contributed by atoms with Gasteiger partial charge in [0.15, 0.2) is 18.9 Å². The molecule has 1 aliphatic heterocycles. The van der Waals surface area contributed by atoms with Crippen LogP contribution < -0.4 is 0 Å². The lowest BCUT2D eigenvalue weighted by molar-refractivity contribution is -0.387. The molecule has 1 saturated heterocycles. The first-order valence-electron chi connectivity index (χ1n) is 18.4. The minimum absolute atomic E-state index is 0.0588. The van der Waals surface area contributed by atoms with Gasteiger partial charge >= 0.3 is 0 Å². The third kappa shape index (κ3) is 21.1. The molecule has 0 amide bonds. The second kappa shape index (κ2) is 25.5. The summed E-state index contributed by atoms with van der Waals surface area (Å²) in [5.74, 6) is -0.0639. The molecule has 0 aromatic carbocycles. The normalized spacial score (nSPS) is 20.6. The van der Waals surface area contributed by atoms with Crippen LogP contribution in [0.5, 0.6) is 0 Å². The highest BCUT2D eigenvalue weighted by atomic mass is 32.2. The fraction of sp³-hybridized carbons (Fsp3) is 1.00. The quantitative estimate of drug-likeness (QED) is 0.0515. The fourth-order valence-corrected chi connectivity index (χ4v) is 8.22.